The highest BCUT2D eigenvalue weighted by molar-refractivity contribution is 7.80. The minimum Gasteiger partial charge on any atom is -0.490 e. The Hall–Kier alpha value is -1.53. The number of methoxy groups -OCH3 is 1. The fraction of sp³-hybridized carbons (Fsp3) is 0.588. The van der Waals surface area contributed by atoms with Gasteiger partial charge in [0, 0.05) is 32.7 Å². The van der Waals surface area contributed by atoms with Gasteiger partial charge in [-0.25, -0.2) is 0 Å². The summed E-state index contributed by atoms with van der Waals surface area (Å²) in [6.45, 7) is 5.87. The van der Waals surface area contributed by atoms with Gasteiger partial charge in [-0.1, -0.05) is 0 Å². The molecule has 1 aromatic rings. The number of ether oxygens (including phenoxy) is 3. The van der Waals surface area contributed by atoms with Gasteiger partial charge in [-0.15, -0.1) is 0 Å². The molecule has 0 aromatic heterocycles. The van der Waals surface area contributed by atoms with Crippen LogP contribution in [0.4, 0.5) is 0 Å². The van der Waals surface area contributed by atoms with E-state index >= 15 is 0 Å². The Balaban J connectivity index is 1.70. The van der Waals surface area contributed by atoms with Crippen molar-refractivity contribution in [3.8, 4) is 11.5 Å². The normalized spacial score (nSPS) is 17.9. The van der Waals surface area contributed by atoms with Crippen molar-refractivity contribution in [2.75, 3.05) is 33.5 Å². The van der Waals surface area contributed by atoms with E-state index in [1.165, 1.54) is 11.1 Å². The third kappa shape index (κ3) is 3.87. The highest BCUT2D eigenvalue weighted by atomic mass is 32.1. The number of nitrogens with zero attached hydrogens (tertiary/aromatic N) is 1. The maximum Gasteiger partial charge on any atom is 0.169 e. The molecule has 1 N–H and O–H groups in total. The van der Waals surface area contributed by atoms with Gasteiger partial charge in [0.15, 0.2) is 16.6 Å². The van der Waals surface area contributed by atoms with Gasteiger partial charge >= 0.3 is 0 Å². The molecule has 2 heterocycles. The Bertz CT molecular complexity index is 579. The van der Waals surface area contributed by atoms with Crippen LogP contribution in [0.25, 0.3) is 0 Å². The average Bonchev–Trinajstić information content (AvgIpc) is 2.77. The molecule has 5 nitrogen and oxygen atoms in total. The Morgan fingerprint density at radius 2 is 2.00 bits per heavy atom. The van der Waals surface area contributed by atoms with Crippen molar-refractivity contribution in [3.05, 3.63) is 23.3 Å². The quantitative estimate of drug-likeness (QED) is 0.853. The van der Waals surface area contributed by atoms with Gasteiger partial charge in [-0.2, -0.15) is 0 Å². The third-order valence-electron chi connectivity index (χ3n) is 4.16. The molecule has 0 saturated heterocycles. The Morgan fingerprint density at radius 3 is 2.70 bits per heavy atom. The molecule has 2 aliphatic rings. The summed E-state index contributed by atoms with van der Waals surface area (Å²) in [7, 11) is 1.70. The predicted octanol–water partition coefficient (Wildman–Crippen LogP) is 2.12. The molecule has 0 fully saturated rings. The molecule has 0 bridgehead atoms. The van der Waals surface area contributed by atoms with E-state index < -0.39 is 0 Å². The molecule has 0 spiro atoms. The third-order valence-corrected chi connectivity index (χ3v) is 4.53. The topological polar surface area (TPSA) is 43.0 Å². The Kier molecular flexibility index (Phi) is 5.23. The van der Waals surface area contributed by atoms with E-state index in [9.17, 15) is 0 Å². The second-order valence-electron chi connectivity index (χ2n) is 6.10. The summed E-state index contributed by atoms with van der Waals surface area (Å²) in [6, 6.07) is 4.46. The number of benzene rings is 1. The zero-order valence-electron chi connectivity index (χ0n) is 13.8. The smallest absolute Gasteiger partial charge is 0.169 e. The molecule has 1 atom stereocenters. The molecular weight excluding hydrogens is 312 g/mol. The summed E-state index contributed by atoms with van der Waals surface area (Å²) in [6.07, 6.45) is 1.89. The van der Waals surface area contributed by atoms with Gasteiger partial charge in [0.05, 0.1) is 19.8 Å². The van der Waals surface area contributed by atoms with Crippen LogP contribution in [0.5, 0.6) is 11.5 Å². The fourth-order valence-corrected chi connectivity index (χ4v) is 3.34. The minimum absolute atomic E-state index is 0.206. The maximum absolute atomic E-state index is 5.80. The molecule has 0 saturated carbocycles. The van der Waals surface area contributed by atoms with Crippen molar-refractivity contribution in [3.63, 3.8) is 0 Å². The standard InChI is InChI=1S/C17H24N2O3S/c1-12(11-20-2)18-17(23)19-5-4-13-8-15-16(9-14(13)10-19)22-7-3-6-21-15/h8-9,12H,3-7,10-11H2,1-2H3,(H,18,23). The van der Waals surface area contributed by atoms with Crippen molar-refractivity contribution in [2.45, 2.75) is 32.4 Å². The Morgan fingerprint density at radius 1 is 1.30 bits per heavy atom. The van der Waals surface area contributed by atoms with E-state index in [1.807, 2.05) is 0 Å². The maximum atomic E-state index is 5.80. The van der Waals surface area contributed by atoms with Crippen molar-refractivity contribution >= 4 is 17.3 Å². The van der Waals surface area contributed by atoms with Crippen LogP contribution < -0.4 is 14.8 Å². The molecule has 0 aliphatic carbocycles. The molecule has 2 aliphatic heterocycles. The van der Waals surface area contributed by atoms with E-state index in [1.54, 1.807) is 7.11 Å². The van der Waals surface area contributed by atoms with E-state index in [-0.39, 0.29) is 6.04 Å². The number of thiocarbonyl (C=S) groups is 1. The molecule has 126 valence electrons. The SMILES string of the molecule is COCC(C)NC(=S)N1CCc2cc3c(cc2C1)OCCCO3. The highest BCUT2D eigenvalue weighted by Crippen LogP contribution is 2.35. The largest absolute Gasteiger partial charge is 0.490 e. The van der Waals surface area contributed by atoms with Crippen LogP contribution in [0, 0.1) is 0 Å². The van der Waals surface area contributed by atoms with E-state index in [0.717, 1.165) is 49.1 Å². The minimum atomic E-state index is 0.206. The second-order valence-corrected chi connectivity index (χ2v) is 6.48. The summed E-state index contributed by atoms with van der Waals surface area (Å²) in [5.41, 5.74) is 2.60. The molecular formula is C17H24N2O3S. The first-order valence-electron chi connectivity index (χ1n) is 8.13. The first-order valence-corrected chi connectivity index (χ1v) is 8.54. The highest BCUT2D eigenvalue weighted by Gasteiger charge is 2.22. The van der Waals surface area contributed by atoms with Crippen LogP contribution in [-0.2, 0) is 17.7 Å². The zero-order chi connectivity index (χ0) is 16.2. The number of fused-ring (bicyclic) bond motifs is 2. The lowest BCUT2D eigenvalue weighted by atomic mass is 9.99. The van der Waals surface area contributed by atoms with Crippen LogP contribution in [0.3, 0.4) is 0 Å². The summed E-state index contributed by atoms with van der Waals surface area (Å²) in [5.74, 6) is 1.74. The van der Waals surface area contributed by atoms with Gasteiger partial charge in [-0.3, -0.25) is 0 Å². The number of rotatable bonds is 3. The second kappa shape index (κ2) is 7.36. The van der Waals surface area contributed by atoms with E-state index in [4.69, 9.17) is 26.4 Å². The number of hydrogen-bond donors (Lipinski definition) is 1. The van der Waals surface area contributed by atoms with Gasteiger partial charge in [0.25, 0.3) is 0 Å². The van der Waals surface area contributed by atoms with Gasteiger partial charge in [0.2, 0.25) is 0 Å². The van der Waals surface area contributed by atoms with Gasteiger partial charge in [0.1, 0.15) is 0 Å². The Labute approximate surface area is 142 Å². The summed E-state index contributed by atoms with van der Waals surface area (Å²) in [4.78, 5) is 2.20. The van der Waals surface area contributed by atoms with Crippen molar-refractivity contribution in [2.24, 2.45) is 0 Å². The number of hydrogen-bond acceptors (Lipinski definition) is 4. The van der Waals surface area contributed by atoms with Crippen LogP contribution in [0.1, 0.15) is 24.5 Å². The molecule has 6 heteroatoms. The monoisotopic (exact) mass is 336 g/mol. The van der Waals surface area contributed by atoms with Crippen LogP contribution in [-0.4, -0.2) is 49.5 Å². The number of nitrogens with one attached hydrogen (secondary N) is 1. The van der Waals surface area contributed by atoms with Crippen LogP contribution in [0.2, 0.25) is 0 Å². The molecule has 0 amide bonds. The predicted molar refractivity (Wildman–Crippen MR) is 93.2 cm³/mol. The first-order chi connectivity index (χ1) is 11.2. The van der Waals surface area contributed by atoms with Gasteiger partial charge < -0.3 is 24.4 Å². The lowest BCUT2D eigenvalue weighted by Crippen LogP contribution is -2.46. The first kappa shape index (κ1) is 16.3. The lowest BCUT2D eigenvalue weighted by molar-refractivity contribution is 0.177. The summed E-state index contributed by atoms with van der Waals surface area (Å²) < 4.78 is 16.7. The summed E-state index contributed by atoms with van der Waals surface area (Å²) >= 11 is 5.54. The average molecular weight is 336 g/mol. The van der Waals surface area contributed by atoms with Gasteiger partial charge in [-0.05, 0) is 48.8 Å². The van der Waals surface area contributed by atoms with Crippen molar-refractivity contribution in [1.82, 2.24) is 10.2 Å². The van der Waals surface area contributed by atoms with Crippen molar-refractivity contribution < 1.29 is 14.2 Å². The molecule has 1 unspecified atom stereocenters. The zero-order valence-corrected chi connectivity index (χ0v) is 14.6. The van der Waals surface area contributed by atoms with Crippen LogP contribution >= 0.6 is 12.2 Å². The molecule has 23 heavy (non-hydrogen) atoms. The molecule has 1 aromatic carbocycles. The molecule has 3 rings (SSSR count). The summed E-state index contributed by atoms with van der Waals surface area (Å²) in [5, 5.41) is 4.11. The molecule has 0 radical (unpaired) electrons. The van der Waals surface area contributed by atoms with E-state index in [0.29, 0.717) is 13.2 Å². The lowest BCUT2D eigenvalue weighted by Gasteiger charge is -2.32. The fourth-order valence-electron chi connectivity index (χ4n) is 2.98. The van der Waals surface area contributed by atoms with Crippen molar-refractivity contribution in [1.29, 1.82) is 0 Å². The van der Waals surface area contributed by atoms with E-state index in [2.05, 4.69) is 29.3 Å². The van der Waals surface area contributed by atoms with Crippen LogP contribution in [0.15, 0.2) is 12.1 Å².